The number of primary amides is 1. The van der Waals surface area contributed by atoms with Crippen molar-refractivity contribution < 1.29 is 9.59 Å². The number of pyridine rings is 1. The van der Waals surface area contributed by atoms with Crippen molar-refractivity contribution in [1.82, 2.24) is 4.98 Å². The van der Waals surface area contributed by atoms with Gasteiger partial charge < -0.3 is 16.0 Å². The summed E-state index contributed by atoms with van der Waals surface area (Å²) in [4.78, 5) is 31.3. The van der Waals surface area contributed by atoms with Crippen LogP contribution in [0.15, 0.2) is 66.7 Å². The zero-order valence-corrected chi connectivity index (χ0v) is 17.5. The first kappa shape index (κ1) is 20.6. The van der Waals surface area contributed by atoms with Gasteiger partial charge in [0.1, 0.15) is 0 Å². The Morgan fingerprint density at radius 3 is 2.32 bits per heavy atom. The molecule has 3 aromatic rings. The number of amides is 2. The highest BCUT2D eigenvalue weighted by Crippen LogP contribution is 2.30. The van der Waals surface area contributed by atoms with Gasteiger partial charge in [0.15, 0.2) is 0 Å². The molecule has 0 saturated carbocycles. The number of piperidine rings is 1. The number of carbonyl (C=O) groups is 2. The van der Waals surface area contributed by atoms with Crippen molar-refractivity contribution in [2.45, 2.75) is 19.8 Å². The standard InChI is InChI=1S/C25H26N4O2/c1-17-20(11-12-21(27-17)18-7-3-2-4-8-18)25(31)28-22-9-5-6-10-23(22)29-15-13-19(14-16-29)24(26)30/h2-12,19H,13-16H2,1H3,(H2,26,30)(H,28,31). The largest absolute Gasteiger partial charge is 0.370 e. The van der Waals surface area contributed by atoms with Gasteiger partial charge in [-0.1, -0.05) is 42.5 Å². The van der Waals surface area contributed by atoms with E-state index in [0.29, 0.717) is 11.3 Å². The normalized spacial score (nSPS) is 14.3. The fourth-order valence-electron chi connectivity index (χ4n) is 4.02. The lowest BCUT2D eigenvalue weighted by atomic mass is 9.96. The molecule has 1 aliphatic heterocycles. The van der Waals surface area contributed by atoms with Gasteiger partial charge in [0.25, 0.3) is 5.91 Å². The first-order valence-electron chi connectivity index (χ1n) is 10.5. The molecule has 1 fully saturated rings. The van der Waals surface area contributed by atoms with E-state index in [4.69, 9.17) is 5.73 Å². The number of para-hydroxylation sites is 2. The van der Waals surface area contributed by atoms with E-state index in [0.717, 1.165) is 48.6 Å². The van der Waals surface area contributed by atoms with Gasteiger partial charge in [-0.15, -0.1) is 0 Å². The molecule has 1 aromatic heterocycles. The van der Waals surface area contributed by atoms with Crippen molar-refractivity contribution in [3.8, 4) is 11.3 Å². The van der Waals surface area contributed by atoms with Crippen molar-refractivity contribution in [3.63, 3.8) is 0 Å². The van der Waals surface area contributed by atoms with E-state index in [-0.39, 0.29) is 17.7 Å². The van der Waals surface area contributed by atoms with E-state index in [1.165, 1.54) is 0 Å². The third-order valence-electron chi connectivity index (χ3n) is 5.79. The number of rotatable bonds is 5. The van der Waals surface area contributed by atoms with Crippen LogP contribution < -0.4 is 16.0 Å². The van der Waals surface area contributed by atoms with Crippen LogP contribution in [0.25, 0.3) is 11.3 Å². The van der Waals surface area contributed by atoms with E-state index in [9.17, 15) is 9.59 Å². The maximum atomic E-state index is 13.0. The average molecular weight is 415 g/mol. The molecule has 0 bridgehead atoms. The highest BCUT2D eigenvalue weighted by molar-refractivity contribution is 6.06. The highest BCUT2D eigenvalue weighted by atomic mass is 16.2. The molecule has 2 heterocycles. The highest BCUT2D eigenvalue weighted by Gasteiger charge is 2.25. The smallest absolute Gasteiger partial charge is 0.257 e. The number of anilines is 2. The zero-order valence-electron chi connectivity index (χ0n) is 17.5. The van der Waals surface area contributed by atoms with Crippen molar-refractivity contribution in [1.29, 1.82) is 0 Å². The molecule has 0 radical (unpaired) electrons. The number of benzene rings is 2. The maximum Gasteiger partial charge on any atom is 0.257 e. The summed E-state index contributed by atoms with van der Waals surface area (Å²) in [5, 5.41) is 3.05. The molecule has 0 atom stereocenters. The lowest BCUT2D eigenvalue weighted by molar-refractivity contribution is -0.122. The van der Waals surface area contributed by atoms with Gasteiger partial charge >= 0.3 is 0 Å². The minimum absolute atomic E-state index is 0.0742. The monoisotopic (exact) mass is 414 g/mol. The topological polar surface area (TPSA) is 88.3 Å². The lowest BCUT2D eigenvalue weighted by Gasteiger charge is -2.33. The first-order chi connectivity index (χ1) is 15.0. The second kappa shape index (κ2) is 9.00. The van der Waals surface area contributed by atoms with E-state index in [1.807, 2.05) is 73.7 Å². The fourth-order valence-corrected chi connectivity index (χ4v) is 4.02. The van der Waals surface area contributed by atoms with Crippen LogP contribution in [0.5, 0.6) is 0 Å². The number of nitrogens with two attached hydrogens (primary N) is 1. The summed E-state index contributed by atoms with van der Waals surface area (Å²) in [7, 11) is 0. The van der Waals surface area contributed by atoms with E-state index in [2.05, 4.69) is 15.2 Å². The molecule has 6 heteroatoms. The quantitative estimate of drug-likeness (QED) is 0.660. The van der Waals surface area contributed by atoms with Gasteiger partial charge in [-0.25, -0.2) is 0 Å². The summed E-state index contributed by atoms with van der Waals surface area (Å²) in [5.74, 6) is -0.498. The predicted octanol–water partition coefficient (Wildman–Crippen LogP) is 4.01. The Morgan fingerprint density at radius 2 is 1.65 bits per heavy atom. The van der Waals surface area contributed by atoms with Crippen molar-refractivity contribution >= 4 is 23.2 Å². The van der Waals surface area contributed by atoms with Gasteiger partial charge in [0.2, 0.25) is 5.91 Å². The van der Waals surface area contributed by atoms with Gasteiger partial charge in [-0.05, 0) is 44.0 Å². The van der Waals surface area contributed by atoms with Crippen LogP contribution in [0.4, 0.5) is 11.4 Å². The van der Waals surface area contributed by atoms with Crippen LogP contribution >= 0.6 is 0 Å². The molecule has 3 N–H and O–H groups in total. The van der Waals surface area contributed by atoms with Crippen molar-refractivity contribution in [2.24, 2.45) is 11.7 Å². The number of hydrogen-bond donors (Lipinski definition) is 2. The summed E-state index contributed by atoms with van der Waals surface area (Å²) < 4.78 is 0. The first-order valence-corrected chi connectivity index (χ1v) is 10.5. The average Bonchev–Trinajstić information content (AvgIpc) is 2.80. The molecule has 1 aliphatic rings. The Kier molecular flexibility index (Phi) is 5.98. The molecule has 6 nitrogen and oxygen atoms in total. The van der Waals surface area contributed by atoms with Crippen LogP contribution in [0.1, 0.15) is 28.9 Å². The van der Waals surface area contributed by atoms with E-state index >= 15 is 0 Å². The third kappa shape index (κ3) is 4.58. The third-order valence-corrected chi connectivity index (χ3v) is 5.79. The second-order valence-electron chi connectivity index (χ2n) is 7.83. The molecule has 2 amide bonds. The summed E-state index contributed by atoms with van der Waals surface area (Å²) in [6.45, 7) is 3.31. The minimum Gasteiger partial charge on any atom is -0.370 e. The van der Waals surface area contributed by atoms with Gasteiger partial charge in [-0.2, -0.15) is 0 Å². The molecular weight excluding hydrogens is 388 g/mol. The molecule has 0 unspecified atom stereocenters. The lowest BCUT2D eigenvalue weighted by Crippen LogP contribution is -2.38. The summed E-state index contributed by atoms with van der Waals surface area (Å²) in [6.07, 6.45) is 1.45. The molecule has 31 heavy (non-hydrogen) atoms. The van der Waals surface area contributed by atoms with Crippen LogP contribution in [0.2, 0.25) is 0 Å². The fraction of sp³-hybridized carbons (Fsp3) is 0.240. The second-order valence-corrected chi connectivity index (χ2v) is 7.83. The van der Waals surface area contributed by atoms with E-state index in [1.54, 1.807) is 0 Å². The Labute approximate surface area is 182 Å². The Bertz CT molecular complexity index is 1090. The number of carbonyl (C=O) groups excluding carboxylic acids is 2. The van der Waals surface area contributed by atoms with Crippen molar-refractivity contribution in [3.05, 3.63) is 78.0 Å². The van der Waals surface area contributed by atoms with Crippen LogP contribution in [-0.4, -0.2) is 29.9 Å². The van der Waals surface area contributed by atoms with Crippen LogP contribution in [-0.2, 0) is 4.79 Å². The van der Waals surface area contributed by atoms with E-state index < -0.39 is 0 Å². The molecule has 0 spiro atoms. The number of nitrogens with one attached hydrogen (secondary N) is 1. The predicted molar refractivity (Wildman–Crippen MR) is 123 cm³/mol. The molecule has 1 saturated heterocycles. The summed E-state index contributed by atoms with van der Waals surface area (Å²) in [6, 6.07) is 21.3. The van der Waals surface area contributed by atoms with Gasteiger partial charge in [0, 0.05) is 24.6 Å². The Hall–Kier alpha value is -3.67. The summed E-state index contributed by atoms with van der Waals surface area (Å²) in [5.41, 5.74) is 10.2. The molecular formula is C25H26N4O2. The molecule has 4 rings (SSSR count). The van der Waals surface area contributed by atoms with Gasteiger partial charge in [0.05, 0.1) is 28.3 Å². The number of aryl methyl sites for hydroxylation is 1. The Balaban J connectivity index is 1.51. The van der Waals surface area contributed by atoms with Crippen LogP contribution in [0, 0.1) is 12.8 Å². The molecule has 2 aromatic carbocycles. The summed E-state index contributed by atoms with van der Waals surface area (Å²) >= 11 is 0. The maximum absolute atomic E-state index is 13.0. The van der Waals surface area contributed by atoms with Gasteiger partial charge in [-0.3, -0.25) is 14.6 Å². The molecule has 158 valence electrons. The zero-order chi connectivity index (χ0) is 21.8. The SMILES string of the molecule is Cc1nc(-c2ccccc2)ccc1C(=O)Nc1ccccc1N1CCC(C(N)=O)CC1. The Morgan fingerprint density at radius 1 is 0.968 bits per heavy atom. The van der Waals surface area contributed by atoms with Crippen molar-refractivity contribution in [2.75, 3.05) is 23.3 Å². The molecule has 0 aliphatic carbocycles. The number of aromatic nitrogens is 1. The number of hydrogen-bond acceptors (Lipinski definition) is 4. The van der Waals surface area contributed by atoms with Crippen LogP contribution in [0.3, 0.4) is 0 Å². The number of nitrogens with zero attached hydrogens (tertiary/aromatic N) is 2. The minimum atomic E-state index is -0.233.